The Hall–Kier alpha value is -3.55. The second kappa shape index (κ2) is 6.52. The molecule has 3 aromatic rings. The zero-order chi connectivity index (χ0) is 18.0. The Balaban J connectivity index is 1.92. The molecule has 0 radical (unpaired) electrons. The van der Waals surface area contributed by atoms with E-state index in [2.05, 4.69) is 15.5 Å². The highest BCUT2D eigenvalue weighted by Crippen LogP contribution is 2.27. The molecule has 1 heterocycles. The lowest BCUT2D eigenvalue weighted by Gasteiger charge is -2.09. The average molecular weight is 338 g/mol. The molecule has 126 valence electrons. The number of para-hydroxylation sites is 1. The van der Waals surface area contributed by atoms with Crippen molar-refractivity contribution < 1.29 is 14.2 Å². The minimum Gasteiger partial charge on any atom is -0.334 e. The molecule has 0 atom stereocenters. The Labute approximate surface area is 142 Å². The van der Waals surface area contributed by atoms with Crippen molar-refractivity contribution in [2.24, 2.45) is 0 Å². The number of nitro groups is 1. The van der Waals surface area contributed by atoms with E-state index in [1.807, 2.05) is 0 Å². The van der Waals surface area contributed by atoms with Crippen LogP contribution in [0, 0.1) is 24.0 Å². The molecule has 0 bridgehead atoms. The largest absolute Gasteiger partial charge is 0.334 e. The van der Waals surface area contributed by atoms with Gasteiger partial charge in [0.05, 0.1) is 16.2 Å². The monoisotopic (exact) mass is 338 g/mol. The maximum Gasteiger partial charge on any atom is 0.273 e. The molecule has 2 aromatic carbocycles. The smallest absolute Gasteiger partial charge is 0.273 e. The zero-order valence-electron chi connectivity index (χ0n) is 13.5. The fourth-order valence-corrected chi connectivity index (χ4v) is 2.33. The number of aromatic nitrogens is 2. The van der Waals surface area contributed by atoms with Crippen LogP contribution in [0.2, 0.25) is 0 Å². The molecule has 0 aliphatic rings. The zero-order valence-corrected chi connectivity index (χ0v) is 13.5. The second-order valence-corrected chi connectivity index (χ2v) is 5.40. The van der Waals surface area contributed by atoms with Crippen molar-refractivity contribution in [2.45, 2.75) is 13.8 Å². The van der Waals surface area contributed by atoms with Crippen molar-refractivity contribution in [3.63, 3.8) is 0 Å². The van der Waals surface area contributed by atoms with Crippen LogP contribution in [0.25, 0.3) is 11.5 Å². The molecule has 1 N–H and O–H groups in total. The average Bonchev–Trinajstić information content (AvgIpc) is 3.01. The quantitative estimate of drug-likeness (QED) is 0.575. The Morgan fingerprint density at radius 1 is 1.20 bits per heavy atom. The van der Waals surface area contributed by atoms with Crippen LogP contribution in [0.15, 0.2) is 47.0 Å². The molecular weight excluding hydrogens is 324 g/mol. The van der Waals surface area contributed by atoms with Crippen molar-refractivity contribution in [1.82, 2.24) is 10.1 Å². The molecule has 0 fully saturated rings. The van der Waals surface area contributed by atoms with Gasteiger partial charge in [0, 0.05) is 17.2 Å². The van der Waals surface area contributed by atoms with Gasteiger partial charge < -0.3 is 9.84 Å². The number of carbonyl (C=O) groups is 1. The van der Waals surface area contributed by atoms with E-state index in [9.17, 15) is 14.9 Å². The van der Waals surface area contributed by atoms with Crippen LogP contribution < -0.4 is 5.32 Å². The van der Waals surface area contributed by atoms with Crippen molar-refractivity contribution >= 4 is 17.3 Å². The Kier molecular flexibility index (Phi) is 4.25. The van der Waals surface area contributed by atoms with E-state index in [1.54, 1.807) is 44.2 Å². The van der Waals surface area contributed by atoms with Gasteiger partial charge in [-0.15, -0.1) is 0 Å². The van der Waals surface area contributed by atoms with E-state index < -0.39 is 10.8 Å². The Morgan fingerprint density at radius 2 is 1.96 bits per heavy atom. The van der Waals surface area contributed by atoms with Gasteiger partial charge in [-0.25, -0.2) is 0 Å². The Morgan fingerprint density at radius 3 is 2.64 bits per heavy atom. The summed E-state index contributed by atoms with van der Waals surface area (Å²) in [6.45, 7) is 3.31. The van der Waals surface area contributed by atoms with Crippen LogP contribution in [0.5, 0.6) is 0 Å². The number of benzene rings is 2. The standard InChI is InChI=1S/C17H14N4O4/c1-10-7-8-12(9-15(10)21(23)24)16(22)19-14-6-4-3-5-13(14)17-18-11(2)20-25-17/h3-9H,1-2H3,(H,19,22). The molecule has 0 aliphatic carbocycles. The highest BCUT2D eigenvalue weighted by molar-refractivity contribution is 6.06. The van der Waals surface area contributed by atoms with Crippen LogP contribution in [0.3, 0.4) is 0 Å². The number of aryl methyl sites for hydroxylation is 2. The van der Waals surface area contributed by atoms with E-state index in [0.717, 1.165) is 0 Å². The summed E-state index contributed by atoms with van der Waals surface area (Å²) in [5.74, 6) is 0.292. The number of nitrogens with one attached hydrogen (secondary N) is 1. The van der Waals surface area contributed by atoms with Gasteiger partial charge in [-0.2, -0.15) is 4.98 Å². The molecule has 0 saturated heterocycles. The third-order valence-electron chi connectivity index (χ3n) is 3.60. The van der Waals surface area contributed by atoms with Crippen LogP contribution in [0.1, 0.15) is 21.7 Å². The van der Waals surface area contributed by atoms with Gasteiger partial charge in [-0.05, 0) is 32.0 Å². The number of hydrogen-bond acceptors (Lipinski definition) is 6. The molecular formula is C17H14N4O4. The number of nitro benzene ring substituents is 1. The molecule has 8 heteroatoms. The summed E-state index contributed by atoms with van der Waals surface area (Å²) >= 11 is 0. The van der Waals surface area contributed by atoms with Gasteiger partial charge >= 0.3 is 0 Å². The third kappa shape index (κ3) is 3.37. The van der Waals surface area contributed by atoms with Crippen molar-refractivity contribution in [3.05, 3.63) is 69.5 Å². The number of anilines is 1. The molecule has 3 rings (SSSR count). The van der Waals surface area contributed by atoms with Crippen LogP contribution >= 0.6 is 0 Å². The lowest BCUT2D eigenvalue weighted by atomic mass is 10.1. The first-order valence-electron chi connectivity index (χ1n) is 7.42. The van der Waals surface area contributed by atoms with Crippen molar-refractivity contribution in [3.8, 4) is 11.5 Å². The minimum absolute atomic E-state index is 0.103. The van der Waals surface area contributed by atoms with Crippen LogP contribution in [-0.4, -0.2) is 21.0 Å². The van der Waals surface area contributed by atoms with Gasteiger partial charge in [0.1, 0.15) is 0 Å². The molecule has 1 amide bonds. The molecule has 0 unspecified atom stereocenters. The first-order valence-corrected chi connectivity index (χ1v) is 7.42. The molecule has 0 saturated carbocycles. The summed E-state index contributed by atoms with van der Waals surface area (Å²) in [5.41, 5.74) is 1.61. The predicted molar refractivity (Wildman–Crippen MR) is 90.3 cm³/mol. The maximum absolute atomic E-state index is 12.5. The molecule has 0 aliphatic heterocycles. The van der Waals surface area contributed by atoms with Crippen molar-refractivity contribution in [2.75, 3.05) is 5.32 Å². The molecule has 25 heavy (non-hydrogen) atoms. The summed E-state index contributed by atoms with van der Waals surface area (Å²) in [5, 5.41) is 17.5. The van der Waals surface area contributed by atoms with Crippen LogP contribution in [-0.2, 0) is 0 Å². The maximum atomic E-state index is 12.5. The third-order valence-corrected chi connectivity index (χ3v) is 3.60. The Bertz CT molecular complexity index is 965. The molecule has 8 nitrogen and oxygen atoms in total. The van der Waals surface area contributed by atoms with Gasteiger partial charge in [0.2, 0.25) is 0 Å². The molecule has 1 aromatic heterocycles. The van der Waals surface area contributed by atoms with Gasteiger partial charge in [0.15, 0.2) is 5.82 Å². The van der Waals surface area contributed by atoms with Gasteiger partial charge in [-0.1, -0.05) is 23.4 Å². The van der Waals surface area contributed by atoms with Gasteiger partial charge in [-0.3, -0.25) is 14.9 Å². The van der Waals surface area contributed by atoms with Crippen LogP contribution in [0.4, 0.5) is 11.4 Å². The number of amides is 1. The van der Waals surface area contributed by atoms with E-state index in [4.69, 9.17) is 4.52 Å². The SMILES string of the molecule is Cc1noc(-c2ccccc2NC(=O)c2ccc(C)c([N+](=O)[O-])c2)n1. The normalized spacial score (nSPS) is 10.5. The number of nitrogens with zero attached hydrogens (tertiary/aromatic N) is 3. The summed E-state index contributed by atoms with van der Waals surface area (Å²) in [6, 6.07) is 11.3. The summed E-state index contributed by atoms with van der Waals surface area (Å²) in [4.78, 5) is 27.2. The minimum atomic E-state index is -0.513. The highest BCUT2D eigenvalue weighted by atomic mass is 16.6. The second-order valence-electron chi connectivity index (χ2n) is 5.40. The van der Waals surface area contributed by atoms with E-state index >= 15 is 0 Å². The number of rotatable bonds is 4. The van der Waals surface area contributed by atoms with Crippen molar-refractivity contribution in [1.29, 1.82) is 0 Å². The number of hydrogen-bond donors (Lipinski definition) is 1. The highest BCUT2D eigenvalue weighted by Gasteiger charge is 2.17. The fourth-order valence-electron chi connectivity index (χ4n) is 2.33. The summed E-state index contributed by atoms with van der Waals surface area (Å²) < 4.78 is 5.14. The van der Waals surface area contributed by atoms with E-state index in [1.165, 1.54) is 12.1 Å². The first-order chi connectivity index (χ1) is 12.0. The predicted octanol–water partition coefficient (Wildman–Crippen LogP) is 3.51. The lowest BCUT2D eigenvalue weighted by Crippen LogP contribution is -2.13. The topological polar surface area (TPSA) is 111 Å². The van der Waals surface area contributed by atoms with E-state index in [-0.39, 0.29) is 17.1 Å². The van der Waals surface area contributed by atoms with E-state index in [0.29, 0.717) is 22.6 Å². The number of carbonyl (C=O) groups excluding carboxylic acids is 1. The summed E-state index contributed by atoms with van der Waals surface area (Å²) in [6.07, 6.45) is 0. The summed E-state index contributed by atoms with van der Waals surface area (Å²) in [7, 11) is 0. The first kappa shape index (κ1) is 16.3. The van der Waals surface area contributed by atoms with Gasteiger partial charge in [0.25, 0.3) is 17.5 Å². The fraction of sp³-hybridized carbons (Fsp3) is 0.118. The molecule has 0 spiro atoms. The lowest BCUT2D eigenvalue weighted by molar-refractivity contribution is -0.385.